The molecule has 0 aromatic heterocycles. The van der Waals surface area contributed by atoms with Crippen LogP contribution >= 0.6 is 0 Å². The third-order valence-corrected chi connectivity index (χ3v) is 11.1. The third-order valence-electron chi connectivity index (χ3n) is 11.1. The molecule has 0 aliphatic heterocycles. The summed E-state index contributed by atoms with van der Waals surface area (Å²) in [5.74, 6) is -0.944. The SMILES string of the molecule is CC\C=C/C=C\C=C/C=C\CCCCCCCC(=O)OCC(COC(=O)CCCCCCCCC/C=C\C/C=C\CCCCC)OC(=O)CCCCCCCC/C=C\C/C=C\C/C=C\CC. The van der Waals surface area contributed by atoms with Gasteiger partial charge in [-0.3, -0.25) is 14.4 Å². The summed E-state index contributed by atoms with van der Waals surface area (Å²) in [6.45, 7) is 6.32. The van der Waals surface area contributed by atoms with E-state index in [-0.39, 0.29) is 31.1 Å². The van der Waals surface area contributed by atoms with Crippen LogP contribution in [0.2, 0.25) is 0 Å². The summed E-state index contributed by atoms with van der Waals surface area (Å²) in [6.07, 6.45) is 72.1. The Morgan fingerprint density at radius 3 is 1.11 bits per heavy atom. The van der Waals surface area contributed by atoms with Gasteiger partial charge in [0.15, 0.2) is 6.10 Å². The molecule has 0 aromatic carbocycles. The van der Waals surface area contributed by atoms with Crippen LogP contribution in [-0.2, 0) is 28.6 Å². The van der Waals surface area contributed by atoms with Crippen LogP contribution in [0, 0.1) is 0 Å². The molecular formula is C60H98O6. The predicted molar refractivity (Wildman–Crippen MR) is 283 cm³/mol. The van der Waals surface area contributed by atoms with E-state index in [0.717, 1.165) is 128 Å². The minimum Gasteiger partial charge on any atom is -0.462 e. The van der Waals surface area contributed by atoms with Crippen molar-refractivity contribution in [3.63, 3.8) is 0 Å². The second-order valence-corrected chi connectivity index (χ2v) is 17.5. The highest BCUT2D eigenvalue weighted by atomic mass is 16.6. The maximum atomic E-state index is 12.8. The Kier molecular flexibility index (Phi) is 50.5. The highest BCUT2D eigenvalue weighted by Crippen LogP contribution is 2.14. The average molecular weight is 915 g/mol. The lowest BCUT2D eigenvalue weighted by molar-refractivity contribution is -0.167. The molecule has 0 radical (unpaired) electrons. The van der Waals surface area contributed by atoms with Crippen LogP contribution in [-0.4, -0.2) is 37.2 Å². The van der Waals surface area contributed by atoms with E-state index < -0.39 is 6.10 Å². The van der Waals surface area contributed by atoms with E-state index in [1.165, 1.54) is 64.2 Å². The first-order valence-corrected chi connectivity index (χ1v) is 26.9. The van der Waals surface area contributed by atoms with Crippen LogP contribution in [0.4, 0.5) is 0 Å². The minimum absolute atomic E-state index is 0.0974. The first-order valence-electron chi connectivity index (χ1n) is 26.9. The van der Waals surface area contributed by atoms with Crippen LogP contribution in [0.25, 0.3) is 0 Å². The summed E-state index contributed by atoms with van der Waals surface area (Å²) in [4.78, 5) is 38.1. The molecule has 0 spiro atoms. The fourth-order valence-electron chi connectivity index (χ4n) is 7.08. The molecule has 0 bridgehead atoms. The van der Waals surface area contributed by atoms with Gasteiger partial charge in [0.2, 0.25) is 0 Å². The van der Waals surface area contributed by atoms with E-state index >= 15 is 0 Å². The normalized spacial score (nSPS) is 13.0. The van der Waals surface area contributed by atoms with Gasteiger partial charge in [0.1, 0.15) is 13.2 Å². The third kappa shape index (κ3) is 51.1. The van der Waals surface area contributed by atoms with Crippen molar-refractivity contribution >= 4 is 17.9 Å². The van der Waals surface area contributed by atoms with Crippen LogP contribution in [0.1, 0.15) is 233 Å². The minimum atomic E-state index is -0.800. The number of hydrogen-bond donors (Lipinski definition) is 0. The second kappa shape index (κ2) is 53.7. The van der Waals surface area contributed by atoms with Gasteiger partial charge in [-0.25, -0.2) is 0 Å². The molecule has 1 unspecified atom stereocenters. The van der Waals surface area contributed by atoms with Gasteiger partial charge in [0.05, 0.1) is 0 Å². The highest BCUT2D eigenvalue weighted by Gasteiger charge is 2.19. The van der Waals surface area contributed by atoms with Crippen molar-refractivity contribution in [2.45, 2.75) is 239 Å². The first-order chi connectivity index (χ1) is 32.5. The zero-order chi connectivity index (χ0) is 47.9. The molecule has 0 amide bonds. The van der Waals surface area contributed by atoms with Crippen LogP contribution in [0.5, 0.6) is 0 Å². The van der Waals surface area contributed by atoms with E-state index in [1.54, 1.807) is 0 Å². The lowest BCUT2D eigenvalue weighted by Gasteiger charge is -2.18. The summed E-state index contributed by atoms with van der Waals surface area (Å²) in [5, 5.41) is 0. The Labute approximate surface area is 406 Å². The summed E-state index contributed by atoms with van der Waals surface area (Å²) in [7, 11) is 0. The molecule has 0 aromatic rings. The van der Waals surface area contributed by atoms with Gasteiger partial charge in [0, 0.05) is 19.3 Å². The maximum Gasteiger partial charge on any atom is 0.306 e. The first kappa shape index (κ1) is 62.1. The number of rotatable bonds is 47. The summed E-state index contributed by atoms with van der Waals surface area (Å²) in [6, 6.07) is 0. The molecule has 6 heteroatoms. The van der Waals surface area contributed by atoms with Gasteiger partial charge < -0.3 is 14.2 Å². The number of unbranched alkanes of at least 4 members (excludes halogenated alkanes) is 21. The van der Waals surface area contributed by atoms with Gasteiger partial charge in [-0.15, -0.1) is 0 Å². The van der Waals surface area contributed by atoms with Crippen LogP contribution in [0.15, 0.2) is 109 Å². The molecule has 66 heavy (non-hydrogen) atoms. The van der Waals surface area contributed by atoms with Gasteiger partial charge in [0.25, 0.3) is 0 Å². The standard InChI is InChI=1S/C60H98O6/c1-4-7-10-13-16-19-22-25-28-30-33-35-38-41-44-47-50-53-59(62)65-56-57(55-64-58(61)52-49-46-43-40-37-34-31-27-24-21-18-15-12-9-6-3)66-60(63)54-51-48-45-42-39-36-32-29-26-23-20-17-14-11-8-5-2/h8-9,11-12,15-21,24-29,31,57H,4-7,10,13-14,22-23,30,32-56H2,1-3H3/b11-8-,12-9-,18-15-,19-16-,20-17-,24-21-,28-25-,29-26-,31-27-. The van der Waals surface area contributed by atoms with E-state index in [2.05, 4.69) is 112 Å². The molecule has 0 heterocycles. The molecule has 0 aliphatic carbocycles. The molecule has 0 rings (SSSR count). The number of esters is 3. The fraction of sp³-hybridized carbons (Fsp3) is 0.650. The predicted octanol–water partition coefficient (Wildman–Crippen LogP) is 17.9. The maximum absolute atomic E-state index is 12.8. The molecule has 0 saturated carbocycles. The smallest absolute Gasteiger partial charge is 0.306 e. The van der Waals surface area contributed by atoms with Crippen molar-refractivity contribution < 1.29 is 28.6 Å². The molecule has 0 fully saturated rings. The van der Waals surface area contributed by atoms with Gasteiger partial charge in [-0.1, -0.05) is 220 Å². The van der Waals surface area contributed by atoms with Gasteiger partial charge in [-0.2, -0.15) is 0 Å². The van der Waals surface area contributed by atoms with Gasteiger partial charge in [-0.05, 0) is 103 Å². The van der Waals surface area contributed by atoms with Crippen molar-refractivity contribution in [3.05, 3.63) is 109 Å². The fourth-order valence-corrected chi connectivity index (χ4v) is 7.08. The molecule has 1 atom stereocenters. The molecule has 6 nitrogen and oxygen atoms in total. The van der Waals surface area contributed by atoms with Crippen molar-refractivity contribution in [2.75, 3.05) is 13.2 Å². The zero-order valence-electron chi connectivity index (χ0n) is 42.7. The zero-order valence-corrected chi connectivity index (χ0v) is 42.7. The van der Waals surface area contributed by atoms with E-state index in [0.29, 0.717) is 19.3 Å². The Bertz CT molecular complexity index is 1370. The van der Waals surface area contributed by atoms with E-state index in [9.17, 15) is 14.4 Å². The Hall–Kier alpha value is -3.93. The number of carbonyl (C=O) groups is 3. The molecule has 374 valence electrons. The lowest BCUT2D eigenvalue weighted by atomic mass is 10.1. The molecule has 0 aliphatic rings. The van der Waals surface area contributed by atoms with Crippen LogP contribution < -0.4 is 0 Å². The molecular weight excluding hydrogens is 817 g/mol. The van der Waals surface area contributed by atoms with E-state index in [4.69, 9.17) is 14.2 Å². The Morgan fingerprint density at radius 1 is 0.333 bits per heavy atom. The van der Waals surface area contributed by atoms with Crippen molar-refractivity contribution in [3.8, 4) is 0 Å². The highest BCUT2D eigenvalue weighted by molar-refractivity contribution is 5.71. The van der Waals surface area contributed by atoms with Gasteiger partial charge >= 0.3 is 17.9 Å². The summed E-state index contributed by atoms with van der Waals surface area (Å²) < 4.78 is 16.8. The number of ether oxygens (including phenoxy) is 3. The summed E-state index contributed by atoms with van der Waals surface area (Å²) in [5.41, 5.74) is 0. The molecule has 0 N–H and O–H groups in total. The monoisotopic (exact) mass is 915 g/mol. The lowest BCUT2D eigenvalue weighted by Crippen LogP contribution is -2.30. The Balaban J connectivity index is 4.47. The topological polar surface area (TPSA) is 78.9 Å². The number of hydrogen-bond acceptors (Lipinski definition) is 6. The summed E-state index contributed by atoms with van der Waals surface area (Å²) >= 11 is 0. The molecule has 0 saturated heterocycles. The van der Waals surface area contributed by atoms with Crippen molar-refractivity contribution in [1.82, 2.24) is 0 Å². The number of carbonyl (C=O) groups excluding carboxylic acids is 3. The van der Waals surface area contributed by atoms with Crippen LogP contribution in [0.3, 0.4) is 0 Å². The van der Waals surface area contributed by atoms with Crippen molar-refractivity contribution in [1.29, 1.82) is 0 Å². The van der Waals surface area contributed by atoms with Crippen molar-refractivity contribution in [2.24, 2.45) is 0 Å². The largest absolute Gasteiger partial charge is 0.462 e. The number of allylic oxidation sites excluding steroid dienone is 18. The Morgan fingerprint density at radius 2 is 0.667 bits per heavy atom. The average Bonchev–Trinajstić information content (AvgIpc) is 3.31. The quantitative estimate of drug-likeness (QED) is 0.0199. The van der Waals surface area contributed by atoms with E-state index in [1.807, 2.05) is 18.2 Å². The second-order valence-electron chi connectivity index (χ2n) is 17.5.